The molecule has 178 valence electrons. The molecule has 0 fully saturated rings. The molecule has 0 saturated carbocycles. The van der Waals surface area contributed by atoms with Crippen LogP contribution in [0, 0.1) is 5.92 Å². The van der Waals surface area contributed by atoms with Gasteiger partial charge in [0.1, 0.15) is 5.75 Å². The number of rotatable bonds is 14. The van der Waals surface area contributed by atoms with Gasteiger partial charge in [-0.3, -0.25) is 9.59 Å². The molecule has 0 radical (unpaired) electrons. The SMILES string of the molecule is CCCCCOc1ccc(-c2ccc(C(=O)C[C@H](CCCc3ccccc3)C(=O)O)cc2)cc1. The van der Waals surface area contributed by atoms with Crippen LogP contribution in [0.4, 0.5) is 0 Å². The van der Waals surface area contributed by atoms with Crippen molar-refractivity contribution in [3.63, 3.8) is 0 Å². The molecule has 0 aliphatic heterocycles. The molecule has 0 saturated heterocycles. The van der Waals surface area contributed by atoms with E-state index in [4.69, 9.17) is 4.74 Å². The lowest BCUT2D eigenvalue weighted by Crippen LogP contribution is -2.18. The highest BCUT2D eigenvalue weighted by atomic mass is 16.5. The molecule has 0 aromatic heterocycles. The molecule has 0 amide bonds. The van der Waals surface area contributed by atoms with Crippen molar-refractivity contribution in [3.8, 4) is 16.9 Å². The van der Waals surface area contributed by atoms with Gasteiger partial charge < -0.3 is 9.84 Å². The summed E-state index contributed by atoms with van der Waals surface area (Å²) in [6.07, 6.45) is 5.47. The summed E-state index contributed by atoms with van der Waals surface area (Å²) < 4.78 is 5.77. The molecule has 0 heterocycles. The third-order valence-corrected chi connectivity index (χ3v) is 6.05. The Morgan fingerprint density at radius 3 is 2.09 bits per heavy atom. The van der Waals surface area contributed by atoms with Crippen molar-refractivity contribution in [2.45, 2.75) is 51.9 Å². The molecule has 0 bridgehead atoms. The fourth-order valence-electron chi connectivity index (χ4n) is 3.99. The van der Waals surface area contributed by atoms with Gasteiger partial charge in [-0.2, -0.15) is 0 Å². The van der Waals surface area contributed by atoms with Crippen LogP contribution in [0.2, 0.25) is 0 Å². The van der Waals surface area contributed by atoms with Gasteiger partial charge in [-0.1, -0.05) is 86.5 Å². The normalized spacial score (nSPS) is 11.7. The fraction of sp³-hybridized carbons (Fsp3) is 0.333. The average molecular weight is 459 g/mol. The van der Waals surface area contributed by atoms with Gasteiger partial charge in [-0.05, 0) is 54.5 Å². The number of aryl methyl sites for hydroxylation is 1. The monoisotopic (exact) mass is 458 g/mol. The Morgan fingerprint density at radius 1 is 0.824 bits per heavy atom. The number of hydrogen-bond acceptors (Lipinski definition) is 3. The number of ketones is 1. The second kappa shape index (κ2) is 13.3. The summed E-state index contributed by atoms with van der Waals surface area (Å²) in [5.41, 5.74) is 3.79. The number of unbranched alkanes of at least 4 members (excludes halogenated alkanes) is 2. The van der Waals surface area contributed by atoms with Crippen LogP contribution >= 0.6 is 0 Å². The molecule has 0 spiro atoms. The second-order valence-electron chi connectivity index (χ2n) is 8.70. The maximum Gasteiger partial charge on any atom is 0.306 e. The highest BCUT2D eigenvalue weighted by molar-refractivity contribution is 5.98. The van der Waals surface area contributed by atoms with E-state index < -0.39 is 11.9 Å². The minimum atomic E-state index is -0.907. The first-order valence-corrected chi connectivity index (χ1v) is 12.2. The number of carbonyl (C=O) groups excluding carboxylic acids is 1. The minimum absolute atomic E-state index is 0.0214. The summed E-state index contributed by atoms with van der Waals surface area (Å²) >= 11 is 0. The van der Waals surface area contributed by atoms with E-state index in [1.54, 1.807) is 12.1 Å². The number of Topliss-reactive ketones (excluding diaryl/α,β-unsaturated/α-hetero) is 1. The number of aliphatic carboxylic acids is 1. The zero-order valence-electron chi connectivity index (χ0n) is 19.9. The summed E-state index contributed by atoms with van der Waals surface area (Å²) in [5, 5.41) is 9.60. The van der Waals surface area contributed by atoms with E-state index in [1.165, 1.54) is 18.4 Å². The molecule has 4 heteroatoms. The molecule has 3 rings (SSSR count). The number of hydrogen-bond donors (Lipinski definition) is 1. The van der Waals surface area contributed by atoms with Gasteiger partial charge in [0.25, 0.3) is 0 Å². The molecule has 1 atom stereocenters. The fourth-order valence-corrected chi connectivity index (χ4v) is 3.99. The smallest absolute Gasteiger partial charge is 0.306 e. The number of ether oxygens (including phenoxy) is 1. The van der Waals surface area contributed by atoms with Crippen LogP contribution in [-0.4, -0.2) is 23.5 Å². The van der Waals surface area contributed by atoms with Gasteiger partial charge in [0, 0.05) is 12.0 Å². The molecule has 1 N–H and O–H groups in total. The number of carboxylic acids is 1. The van der Waals surface area contributed by atoms with E-state index in [0.717, 1.165) is 42.7 Å². The number of carboxylic acid groups (broad SMARTS) is 1. The largest absolute Gasteiger partial charge is 0.494 e. The number of carbonyl (C=O) groups is 2. The van der Waals surface area contributed by atoms with Gasteiger partial charge in [0.15, 0.2) is 5.78 Å². The van der Waals surface area contributed by atoms with E-state index in [-0.39, 0.29) is 12.2 Å². The van der Waals surface area contributed by atoms with E-state index >= 15 is 0 Å². The van der Waals surface area contributed by atoms with Crippen LogP contribution in [-0.2, 0) is 11.2 Å². The van der Waals surface area contributed by atoms with Crippen molar-refractivity contribution < 1.29 is 19.4 Å². The summed E-state index contributed by atoms with van der Waals surface area (Å²) in [6, 6.07) is 25.4. The zero-order chi connectivity index (χ0) is 24.2. The van der Waals surface area contributed by atoms with Crippen LogP contribution in [0.5, 0.6) is 5.75 Å². The molecular weight excluding hydrogens is 424 g/mol. The van der Waals surface area contributed by atoms with Crippen molar-refractivity contribution in [2.24, 2.45) is 5.92 Å². The molecule has 0 aliphatic rings. The Hall–Kier alpha value is -3.40. The molecule has 3 aromatic rings. The first-order valence-electron chi connectivity index (χ1n) is 12.2. The van der Waals surface area contributed by atoms with Crippen LogP contribution in [0.25, 0.3) is 11.1 Å². The van der Waals surface area contributed by atoms with Gasteiger partial charge in [-0.25, -0.2) is 0 Å². The molecule has 34 heavy (non-hydrogen) atoms. The Bertz CT molecular complexity index is 1020. The van der Waals surface area contributed by atoms with E-state index in [1.807, 2.05) is 66.7 Å². The average Bonchev–Trinajstić information content (AvgIpc) is 2.87. The van der Waals surface area contributed by atoms with Crippen molar-refractivity contribution in [1.29, 1.82) is 0 Å². The van der Waals surface area contributed by atoms with Crippen LogP contribution in [0.3, 0.4) is 0 Å². The Morgan fingerprint density at radius 2 is 1.47 bits per heavy atom. The lowest BCUT2D eigenvalue weighted by Gasteiger charge is -2.12. The van der Waals surface area contributed by atoms with E-state index in [2.05, 4.69) is 6.92 Å². The van der Waals surface area contributed by atoms with E-state index in [0.29, 0.717) is 12.0 Å². The van der Waals surface area contributed by atoms with Gasteiger partial charge >= 0.3 is 5.97 Å². The first-order chi connectivity index (χ1) is 16.6. The summed E-state index contributed by atoms with van der Waals surface area (Å²) in [6.45, 7) is 2.90. The molecule has 3 aromatic carbocycles. The standard InChI is InChI=1S/C30H34O4/c1-2-3-7-21-34-28-19-17-25(18-20-28)24-13-15-26(16-14-24)29(31)22-27(30(32)33)12-8-11-23-9-5-4-6-10-23/h4-6,9-10,13-20,27H,2-3,7-8,11-12,21-22H2,1H3,(H,32,33)/t27-/m0/s1. The lowest BCUT2D eigenvalue weighted by atomic mass is 9.92. The van der Waals surface area contributed by atoms with Gasteiger partial charge in [0.2, 0.25) is 0 Å². The second-order valence-corrected chi connectivity index (χ2v) is 8.70. The summed E-state index contributed by atoms with van der Waals surface area (Å²) in [4.78, 5) is 24.5. The van der Waals surface area contributed by atoms with Gasteiger partial charge in [0.05, 0.1) is 12.5 Å². The van der Waals surface area contributed by atoms with Crippen LogP contribution in [0.15, 0.2) is 78.9 Å². The Labute approximate surface area is 202 Å². The molecule has 4 nitrogen and oxygen atoms in total. The first kappa shape index (κ1) is 25.2. The third kappa shape index (κ3) is 7.87. The van der Waals surface area contributed by atoms with Gasteiger partial charge in [-0.15, -0.1) is 0 Å². The lowest BCUT2D eigenvalue weighted by molar-refractivity contribution is -0.141. The predicted molar refractivity (Wildman–Crippen MR) is 136 cm³/mol. The van der Waals surface area contributed by atoms with Crippen LogP contribution < -0.4 is 4.74 Å². The third-order valence-electron chi connectivity index (χ3n) is 6.05. The highest BCUT2D eigenvalue weighted by Gasteiger charge is 2.21. The van der Waals surface area contributed by atoms with Crippen LogP contribution in [0.1, 0.15) is 61.4 Å². The Balaban J connectivity index is 1.53. The topological polar surface area (TPSA) is 63.6 Å². The van der Waals surface area contributed by atoms with Crippen molar-refractivity contribution in [2.75, 3.05) is 6.61 Å². The summed E-state index contributed by atoms with van der Waals surface area (Å²) in [7, 11) is 0. The van der Waals surface area contributed by atoms with Crippen molar-refractivity contribution in [1.82, 2.24) is 0 Å². The predicted octanol–water partition coefficient (Wildman–Crippen LogP) is 7.22. The maximum absolute atomic E-state index is 12.8. The van der Waals surface area contributed by atoms with E-state index in [9.17, 15) is 14.7 Å². The molecular formula is C30H34O4. The quantitative estimate of drug-likeness (QED) is 0.205. The summed E-state index contributed by atoms with van der Waals surface area (Å²) in [5.74, 6) is -0.844. The molecule has 0 aliphatic carbocycles. The zero-order valence-corrected chi connectivity index (χ0v) is 19.9. The van der Waals surface area contributed by atoms with Crippen molar-refractivity contribution in [3.05, 3.63) is 90.0 Å². The Kier molecular flexibility index (Phi) is 9.90. The molecule has 0 unspecified atom stereocenters. The minimum Gasteiger partial charge on any atom is -0.494 e. The highest BCUT2D eigenvalue weighted by Crippen LogP contribution is 2.24. The maximum atomic E-state index is 12.8. The van der Waals surface area contributed by atoms with Crippen molar-refractivity contribution >= 4 is 11.8 Å². The number of benzene rings is 3.